The number of nitrogens with zero attached hydrogens (tertiary/aromatic N) is 3. The molecule has 0 saturated carbocycles. The minimum atomic E-state index is -0.794. The lowest BCUT2D eigenvalue weighted by atomic mass is 10.2. The fourth-order valence-electron chi connectivity index (χ4n) is 1.80. The Morgan fingerprint density at radius 2 is 1.94 bits per heavy atom. The average Bonchev–Trinajstić information content (AvgIpc) is 2.35. The Bertz CT molecular complexity index is 493. The van der Waals surface area contributed by atoms with E-state index in [-0.39, 0.29) is 0 Å². The number of fused-ring (bicyclic) bond motifs is 1. The third-order valence-electron chi connectivity index (χ3n) is 2.58. The zero-order valence-electron chi connectivity index (χ0n) is 10.9. The van der Waals surface area contributed by atoms with Crippen molar-refractivity contribution < 1.29 is 0 Å². The quantitative estimate of drug-likeness (QED) is 0.485. The summed E-state index contributed by atoms with van der Waals surface area (Å²) in [6.45, 7) is 1.81. The van der Waals surface area contributed by atoms with Gasteiger partial charge in [-0.15, -0.1) is 0 Å². The molecule has 0 aromatic carbocycles. The molecular formula is C10H18N8. The molecular weight excluding hydrogens is 232 g/mol. The first-order valence-electron chi connectivity index (χ1n) is 5.60. The van der Waals surface area contributed by atoms with Crippen molar-refractivity contribution in [3.05, 3.63) is 5.69 Å². The Labute approximate surface area is 105 Å². The Morgan fingerprint density at radius 1 is 1.22 bits per heavy atom. The van der Waals surface area contributed by atoms with Gasteiger partial charge in [0.05, 0.1) is 0 Å². The Kier molecular flexibility index (Phi) is 2.95. The Balaban J connectivity index is 2.63. The van der Waals surface area contributed by atoms with Gasteiger partial charge < -0.3 is 21.3 Å². The summed E-state index contributed by atoms with van der Waals surface area (Å²) in [5.74, 6) is 1.02. The lowest BCUT2D eigenvalue weighted by Gasteiger charge is -2.36. The van der Waals surface area contributed by atoms with Crippen LogP contribution in [0.1, 0.15) is 12.6 Å². The fraction of sp³-hybridized carbons (Fsp3) is 0.500. The summed E-state index contributed by atoms with van der Waals surface area (Å²) in [5.41, 5.74) is 7.47. The maximum absolute atomic E-state index is 6.05. The van der Waals surface area contributed by atoms with E-state index >= 15 is 0 Å². The Hall–Kier alpha value is -2.09. The first-order valence-corrected chi connectivity index (χ1v) is 5.60. The van der Waals surface area contributed by atoms with Gasteiger partial charge in [0.2, 0.25) is 5.95 Å². The Morgan fingerprint density at radius 3 is 2.50 bits per heavy atom. The minimum absolute atomic E-state index is 0.517. The van der Waals surface area contributed by atoms with E-state index in [0.29, 0.717) is 23.3 Å². The van der Waals surface area contributed by atoms with Gasteiger partial charge in [0.25, 0.3) is 0 Å². The molecule has 0 radical (unpaired) electrons. The standard InChI is InChI=1S/C10H18N8/c1-10(11)17-6-5(8(13-3)18-10)15-9(14-4)16-7(6)12-2/h17H,11H2,1-4H3,(H,13,18)(H2,12,14,15,16). The van der Waals surface area contributed by atoms with E-state index < -0.39 is 5.79 Å². The van der Waals surface area contributed by atoms with Crippen molar-refractivity contribution in [3.63, 3.8) is 0 Å². The van der Waals surface area contributed by atoms with Crippen molar-refractivity contribution >= 4 is 23.3 Å². The SMILES string of the molecule is CN=C1NC(C)(N)Nc2c(NC)nc(NC)nc21. The summed E-state index contributed by atoms with van der Waals surface area (Å²) in [7, 11) is 5.25. The highest BCUT2D eigenvalue weighted by Crippen LogP contribution is 2.29. The molecule has 0 aliphatic carbocycles. The van der Waals surface area contributed by atoms with Crippen molar-refractivity contribution in [1.29, 1.82) is 0 Å². The lowest BCUT2D eigenvalue weighted by molar-refractivity contribution is 0.490. The van der Waals surface area contributed by atoms with Crippen molar-refractivity contribution in [3.8, 4) is 0 Å². The molecule has 8 heteroatoms. The van der Waals surface area contributed by atoms with Crippen LogP contribution in [-0.2, 0) is 0 Å². The highest BCUT2D eigenvalue weighted by atomic mass is 15.3. The predicted molar refractivity (Wildman–Crippen MR) is 72.9 cm³/mol. The van der Waals surface area contributed by atoms with Crippen LogP contribution in [0.4, 0.5) is 17.5 Å². The normalized spacial score (nSPS) is 23.9. The number of anilines is 3. The predicted octanol–water partition coefficient (Wildman–Crippen LogP) is -0.416. The molecule has 1 atom stereocenters. The molecule has 18 heavy (non-hydrogen) atoms. The number of rotatable bonds is 2. The number of nitrogens with two attached hydrogens (primary N) is 1. The monoisotopic (exact) mass is 250 g/mol. The van der Waals surface area contributed by atoms with Crippen LogP contribution in [0.5, 0.6) is 0 Å². The van der Waals surface area contributed by atoms with Gasteiger partial charge in [0.1, 0.15) is 11.4 Å². The maximum atomic E-state index is 6.05. The molecule has 0 saturated heterocycles. The fourth-order valence-corrected chi connectivity index (χ4v) is 1.80. The molecule has 0 bridgehead atoms. The van der Waals surface area contributed by atoms with Crippen LogP contribution in [0.15, 0.2) is 4.99 Å². The molecule has 0 amide bonds. The zero-order valence-corrected chi connectivity index (χ0v) is 10.9. The van der Waals surface area contributed by atoms with Gasteiger partial charge in [-0.05, 0) is 6.92 Å². The number of aliphatic imine (C=N–C) groups is 1. The van der Waals surface area contributed by atoms with Gasteiger partial charge >= 0.3 is 0 Å². The van der Waals surface area contributed by atoms with Crippen molar-refractivity contribution in [2.75, 3.05) is 37.1 Å². The molecule has 8 nitrogen and oxygen atoms in total. The smallest absolute Gasteiger partial charge is 0.225 e. The highest BCUT2D eigenvalue weighted by molar-refractivity contribution is 6.06. The van der Waals surface area contributed by atoms with E-state index in [0.717, 1.165) is 5.69 Å². The molecule has 2 rings (SSSR count). The number of hydrogen-bond acceptors (Lipinski definition) is 7. The van der Waals surface area contributed by atoms with Crippen LogP contribution in [-0.4, -0.2) is 42.7 Å². The maximum Gasteiger partial charge on any atom is 0.225 e. The number of aromatic nitrogens is 2. The van der Waals surface area contributed by atoms with E-state index in [1.54, 1.807) is 21.1 Å². The first kappa shape index (κ1) is 12.4. The third-order valence-corrected chi connectivity index (χ3v) is 2.58. The summed E-state index contributed by atoms with van der Waals surface area (Å²) in [6, 6.07) is 0. The van der Waals surface area contributed by atoms with Crippen LogP contribution >= 0.6 is 0 Å². The van der Waals surface area contributed by atoms with Gasteiger partial charge in [0, 0.05) is 21.1 Å². The van der Waals surface area contributed by atoms with Gasteiger partial charge in [-0.25, -0.2) is 4.98 Å². The largest absolute Gasteiger partial charge is 0.371 e. The van der Waals surface area contributed by atoms with E-state index in [2.05, 4.69) is 36.2 Å². The van der Waals surface area contributed by atoms with Gasteiger partial charge in [-0.3, -0.25) is 10.7 Å². The number of nitrogens with one attached hydrogen (secondary N) is 4. The molecule has 0 fully saturated rings. The van der Waals surface area contributed by atoms with Crippen molar-refractivity contribution in [1.82, 2.24) is 15.3 Å². The van der Waals surface area contributed by atoms with Crippen LogP contribution < -0.4 is 27.0 Å². The second-order valence-corrected chi connectivity index (χ2v) is 4.14. The third kappa shape index (κ3) is 2.02. The summed E-state index contributed by atoms with van der Waals surface area (Å²) >= 11 is 0. The van der Waals surface area contributed by atoms with Crippen molar-refractivity contribution in [2.24, 2.45) is 10.7 Å². The number of hydrogen-bond donors (Lipinski definition) is 5. The number of amidine groups is 1. The summed E-state index contributed by atoms with van der Waals surface area (Å²) < 4.78 is 0. The first-order chi connectivity index (χ1) is 8.50. The second kappa shape index (κ2) is 4.30. The van der Waals surface area contributed by atoms with Crippen LogP contribution in [0.3, 0.4) is 0 Å². The highest BCUT2D eigenvalue weighted by Gasteiger charge is 2.31. The van der Waals surface area contributed by atoms with E-state index in [1.165, 1.54) is 0 Å². The molecule has 1 unspecified atom stereocenters. The molecule has 98 valence electrons. The van der Waals surface area contributed by atoms with Gasteiger partial charge in [0.15, 0.2) is 17.4 Å². The molecule has 1 aromatic rings. The van der Waals surface area contributed by atoms with Crippen LogP contribution in [0, 0.1) is 0 Å². The summed E-state index contributed by atoms with van der Waals surface area (Å²) in [4.78, 5) is 12.9. The van der Waals surface area contributed by atoms with Gasteiger partial charge in [-0.2, -0.15) is 4.98 Å². The zero-order chi connectivity index (χ0) is 13.3. The summed E-state index contributed by atoms with van der Waals surface area (Å²) in [6.07, 6.45) is 0. The van der Waals surface area contributed by atoms with E-state index in [4.69, 9.17) is 5.73 Å². The molecule has 0 spiro atoms. The van der Waals surface area contributed by atoms with Crippen LogP contribution in [0.2, 0.25) is 0 Å². The van der Waals surface area contributed by atoms with Crippen molar-refractivity contribution in [2.45, 2.75) is 12.7 Å². The van der Waals surface area contributed by atoms with E-state index in [1.807, 2.05) is 6.92 Å². The molecule has 1 aromatic heterocycles. The molecule has 1 aliphatic heterocycles. The topological polar surface area (TPSA) is 112 Å². The minimum Gasteiger partial charge on any atom is -0.371 e. The molecule has 2 heterocycles. The lowest BCUT2D eigenvalue weighted by Crippen LogP contribution is -2.62. The van der Waals surface area contributed by atoms with Crippen LogP contribution in [0.25, 0.3) is 0 Å². The molecule has 1 aliphatic rings. The van der Waals surface area contributed by atoms with E-state index in [9.17, 15) is 0 Å². The second-order valence-electron chi connectivity index (χ2n) is 4.14. The van der Waals surface area contributed by atoms with Gasteiger partial charge in [-0.1, -0.05) is 0 Å². The molecule has 6 N–H and O–H groups in total. The summed E-state index contributed by atoms with van der Waals surface area (Å²) in [5, 5.41) is 12.1. The average molecular weight is 250 g/mol.